The van der Waals surface area contributed by atoms with E-state index in [1.807, 2.05) is 32.0 Å². The lowest BCUT2D eigenvalue weighted by molar-refractivity contribution is -0.108. The first-order valence-corrected chi connectivity index (χ1v) is 9.54. The molecule has 0 aliphatic heterocycles. The van der Waals surface area contributed by atoms with Crippen LogP contribution in [-0.2, 0) is 11.3 Å². The number of aldehydes is 1. The third-order valence-corrected chi connectivity index (χ3v) is 4.52. The largest absolute Gasteiger partial charge is 0.490 e. The van der Waals surface area contributed by atoms with Crippen molar-refractivity contribution in [1.82, 2.24) is 19.9 Å². The molecule has 150 valence electrons. The molecule has 8 heteroatoms. The van der Waals surface area contributed by atoms with E-state index in [0.29, 0.717) is 41.6 Å². The summed E-state index contributed by atoms with van der Waals surface area (Å²) in [6.45, 7) is 4.32. The predicted molar refractivity (Wildman–Crippen MR) is 110 cm³/mol. The molecule has 4 aromatic rings. The Labute approximate surface area is 172 Å². The molecule has 2 heterocycles. The van der Waals surface area contributed by atoms with Crippen molar-refractivity contribution in [2.24, 2.45) is 0 Å². The van der Waals surface area contributed by atoms with Crippen LogP contribution in [0.15, 0.2) is 47.1 Å². The highest BCUT2D eigenvalue weighted by atomic mass is 16.5. The van der Waals surface area contributed by atoms with Crippen molar-refractivity contribution >= 4 is 17.2 Å². The van der Waals surface area contributed by atoms with Crippen LogP contribution in [0.25, 0.3) is 33.7 Å². The number of benzene rings is 2. The first kappa shape index (κ1) is 19.3. The molecule has 30 heavy (non-hydrogen) atoms. The summed E-state index contributed by atoms with van der Waals surface area (Å²) in [5, 5.41) is 18.8. The number of carbonyl (C=O) groups excluding carboxylic acids is 1. The van der Waals surface area contributed by atoms with Crippen LogP contribution in [-0.4, -0.2) is 32.3 Å². The van der Waals surface area contributed by atoms with Crippen molar-refractivity contribution in [3.8, 4) is 34.7 Å². The molecule has 0 spiro atoms. The van der Waals surface area contributed by atoms with Gasteiger partial charge in [0.2, 0.25) is 5.82 Å². The number of nitrogens with zero attached hydrogens (tertiary/aromatic N) is 5. The highest BCUT2D eigenvalue weighted by Crippen LogP contribution is 2.30. The molecule has 0 aliphatic rings. The number of ether oxygens (including phenoxy) is 1. The first-order chi connectivity index (χ1) is 14.6. The van der Waals surface area contributed by atoms with Crippen molar-refractivity contribution in [3.63, 3.8) is 0 Å². The lowest BCUT2D eigenvalue weighted by atomic mass is 10.1. The van der Waals surface area contributed by atoms with Crippen LogP contribution in [0, 0.1) is 11.3 Å². The third-order valence-electron chi connectivity index (χ3n) is 4.52. The predicted octanol–water partition coefficient (Wildman–Crippen LogP) is 4.00. The minimum atomic E-state index is -0.0362. The number of hydrogen-bond donors (Lipinski definition) is 0. The molecular formula is C22H19N5O3. The monoisotopic (exact) mass is 401 g/mol. The van der Waals surface area contributed by atoms with Crippen LogP contribution in [0.5, 0.6) is 5.75 Å². The summed E-state index contributed by atoms with van der Waals surface area (Å²) in [5.74, 6) is 1.25. The van der Waals surface area contributed by atoms with E-state index < -0.39 is 0 Å². The van der Waals surface area contributed by atoms with Gasteiger partial charge in [-0.05, 0) is 38.1 Å². The Morgan fingerprint density at radius 2 is 2.17 bits per heavy atom. The van der Waals surface area contributed by atoms with Gasteiger partial charge in [0.1, 0.15) is 18.1 Å². The second-order valence-corrected chi connectivity index (χ2v) is 6.97. The molecule has 0 saturated heterocycles. The molecule has 2 aromatic heterocycles. The van der Waals surface area contributed by atoms with E-state index in [1.165, 1.54) is 0 Å². The molecule has 4 rings (SSSR count). The van der Waals surface area contributed by atoms with Gasteiger partial charge >= 0.3 is 0 Å². The standard InChI is InChI=1S/C22H19N5O3/c1-14(2)29-20-8-7-15(11-16(20)12-23)22-25-21(26-30-22)17-5-3-6-19-18(17)13-24-27(19)9-4-10-28/h3,5-8,10-11,13-14H,4,9H2,1-2H3. The zero-order chi connectivity index (χ0) is 21.1. The summed E-state index contributed by atoms with van der Waals surface area (Å²) in [4.78, 5) is 15.2. The number of aryl methyl sites for hydroxylation is 1. The van der Waals surface area contributed by atoms with Gasteiger partial charge in [-0.2, -0.15) is 15.3 Å². The number of fused-ring (bicyclic) bond motifs is 1. The van der Waals surface area contributed by atoms with Gasteiger partial charge in [0.25, 0.3) is 5.89 Å². The minimum absolute atomic E-state index is 0.0362. The number of hydrogen-bond acceptors (Lipinski definition) is 7. The number of nitriles is 1. The maximum Gasteiger partial charge on any atom is 0.258 e. The van der Waals surface area contributed by atoms with Crippen molar-refractivity contribution in [3.05, 3.63) is 48.2 Å². The molecule has 0 atom stereocenters. The van der Waals surface area contributed by atoms with E-state index in [4.69, 9.17) is 9.26 Å². The van der Waals surface area contributed by atoms with Gasteiger partial charge in [-0.3, -0.25) is 4.68 Å². The fraction of sp³-hybridized carbons (Fsp3) is 0.227. The highest BCUT2D eigenvalue weighted by molar-refractivity contribution is 5.93. The normalized spacial score (nSPS) is 11.0. The van der Waals surface area contributed by atoms with Crippen molar-refractivity contribution in [1.29, 1.82) is 5.26 Å². The molecule has 0 aliphatic carbocycles. The summed E-state index contributed by atoms with van der Waals surface area (Å²) in [7, 11) is 0. The van der Waals surface area contributed by atoms with Gasteiger partial charge in [-0.15, -0.1) is 0 Å². The Kier molecular flexibility index (Phi) is 5.26. The van der Waals surface area contributed by atoms with Gasteiger partial charge in [0.05, 0.1) is 23.4 Å². The van der Waals surface area contributed by atoms with Crippen LogP contribution in [0.1, 0.15) is 25.8 Å². The molecule has 0 saturated carbocycles. The Morgan fingerprint density at radius 1 is 1.30 bits per heavy atom. The van der Waals surface area contributed by atoms with Crippen molar-refractivity contribution in [2.75, 3.05) is 0 Å². The topological polar surface area (TPSA) is 107 Å². The fourth-order valence-corrected chi connectivity index (χ4v) is 3.21. The van der Waals surface area contributed by atoms with Crippen LogP contribution in [0.4, 0.5) is 0 Å². The zero-order valence-corrected chi connectivity index (χ0v) is 16.6. The molecule has 0 radical (unpaired) electrons. The zero-order valence-electron chi connectivity index (χ0n) is 16.6. The summed E-state index contributed by atoms with van der Waals surface area (Å²) in [5.41, 5.74) is 2.71. The lowest BCUT2D eigenvalue weighted by Crippen LogP contribution is -2.06. The van der Waals surface area contributed by atoms with Crippen molar-refractivity contribution < 1.29 is 14.1 Å². The van der Waals surface area contributed by atoms with Gasteiger partial charge in [-0.1, -0.05) is 17.3 Å². The molecule has 8 nitrogen and oxygen atoms in total. The average Bonchev–Trinajstić information content (AvgIpc) is 3.39. The molecule has 0 N–H and O–H groups in total. The average molecular weight is 401 g/mol. The minimum Gasteiger partial charge on any atom is -0.490 e. The summed E-state index contributed by atoms with van der Waals surface area (Å²) < 4.78 is 12.9. The van der Waals surface area contributed by atoms with Gasteiger partial charge in [0.15, 0.2) is 0 Å². The molecule has 0 unspecified atom stereocenters. The summed E-state index contributed by atoms with van der Waals surface area (Å²) in [6.07, 6.45) is 2.96. The van der Waals surface area contributed by atoms with E-state index >= 15 is 0 Å². The number of carbonyl (C=O) groups is 1. The first-order valence-electron chi connectivity index (χ1n) is 9.54. The fourth-order valence-electron chi connectivity index (χ4n) is 3.21. The van der Waals surface area contributed by atoms with E-state index in [0.717, 1.165) is 22.8 Å². The second kappa shape index (κ2) is 8.17. The maximum atomic E-state index is 10.7. The molecule has 2 aromatic carbocycles. The van der Waals surface area contributed by atoms with Gasteiger partial charge in [0, 0.05) is 29.5 Å². The maximum absolute atomic E-state index is 10.7. The smallest absolute Gasteiger partial charge is 0.258 e. The Bertz CT molecular complexity index is 1250. The Balaban J connectivity index is 1.69. The van der Waals surface area contributed by atoms with E-state index in [9.17, 15) is 10.1 Å². The second-order valence-electron chi connectivity index (χ2n) is 6.97. The molecule has 0 amide bonds. The number of rotatable bonds is 7. The van der Waals surface area contributed by atoms with Gasteiger partial charge < -0.3 is 14.1 Å². The van der Waals surface area contributed by atoms with E-state index in [2.05, 4.69) is 21.3 Å². The van der Waals surface area contributed by atoms with Crippen LogP contribution in [0.2, 0.25) is 0 Å². The number of aromatic nitrogens is 4. The summed E-state index contributed by atoms with van der Waals surface area (Å²) in [6, 6.07) is 13.0. The third kappa shape index (κ3) is 3.65. The van der Waals surface area contributed by atoms with Crippen molar-refractivity contribution in [2.45, 2.75) is 32.9 Å². The Hall–Kier alpha value is -3.99. The van der Waals surface area contributed by atoms with Gasteiger partial charge in [-0.25, -0.2) is 0 Å². The quantitative estimate of drug-likeness (QED) is 0.431. The highest BCUT2D eigenvalue weighted by Gasteiger charge is 2.16. The van der Waals surface area contributed by atoms with Crippen LogP contribution in [0.3, 0.4) is 0 Å². The van der Waals surface area contributed by atoms with Crippen LogP contribution < -0.4 is 4.74 Å². The SMILES string of the molecule is CC(C)Oc1ccc(-c2nc(-c3cccc4c3cnn4CCC=O)no2)cc1C#N. The van der Waals surface area contributed by atoms with E-state index in [1.54, 1.807) is 29.1 Å². The van der Waals surface area contributed by atoms with Crippen LogP contribution >= 0.6 is 0 Å². The molecule has 0 fully saturated rings. The lowest BCUT2D eigenvalue weighted by Gasteiger charge is -2.11. The molecular weight excluding hydrogens is 382 g/mol. The Morgan fingerprint density at radius 3 is 2.93 bits per heavy atom. The van der Waals surface area contributed by atoms with E-state index in [-0.39, 0.29) is 6.10 Å². The summed E-state index contributed by atoms with van der Waals surface area (Å²) >= 11 is 0. The molecule has 0 bridgehead atoms.